The van der Waals surface area contributed by atoms with E-state index in [4.69, 9.17) is 4.98 Å². The van der Waals surface area contributed by atoms with Crippen LogP contribution in [-0.4, -0.2) is 17.4 Å². The van der Waals surface area contributed by atoms with E-state index >= 15 is 0 Å². The maximum Gasteiger partial charge on any atom is 0.226 e. The van der Waals surface area contributed by atoms with Crippen LogP contribution >= 0.6 is 11.3 Å². The van der Waals surface area contributed by atoms with Gasteiger partial charge in [0.1, 0.15) is 5.01 Å². The van der Waals surface area contributed by atoms with Crippen molar-refractivity contribution in [2.24, 2.45) is 23.2 Å². The molecule has 4 saturated carbocycles. The Morgan fingerprint density at radius 1 is 1.19 bits per heavy atom. The van der Waals surface area contributed by atoms with Crippen molar-refractivity contribution in [3.8, 4) is 10.6 Å². The van der Waals surface area contributed by atoms with Crippen LogP contribution in [0.3, 0.4) is 0 Å². The molecule has 1 N–H and O–H groups in total. The standard InChI is InChI=1S/C23H28N2OS/c1-15-3-2-4-19(5-15)22-25-20(13-27-22)9-21(26)24-14-23-10-16-6-17(11-23)8-18(7-16)12-23/h2-5,13,16-18H,6-12,14H2,1H3,(H,24,26). The number of rotatable bonds is 5. The Bertz CT molecular complexity index is 820. The second kappa shape index (κ2) is 6.73. The summed E-state index contributed by atoms with van der Waals surface area (Å²) >= 11 is 1.63. The molecule has 0 saturated heterocycles. The number of carbonyl (C=O) groups excluding carboxylic acids is 1. The third kappa shape index (κ3) is 3.56. The molecule has 0 atom stereocenters. The van der Waals surface area contributed by atoms with Crippen LogP contribution in [0.25, 0.3) is 10.6 Å². The van der Waals surface area contributed by atoms with Gasteiger partial charge in [-0.15, -0.1) is 11.3 Å². The van der Waals surface area contributed by atoms with Crippen LogP contribution in [0, 0.1) is 30.1 Å². The minimum absolute atomic E-state index is 0.131. The van der Waals surface area contributed by atoms with E-state index in [2.05, 4.69) is 36.5 Å². The first-order valence-electron chi connectivity index (χ1n) is 10.4. The second-order valence-electron chi connectivity index (χ2n) is 9.38. The zero-order valence-corrected chi connectivity index (χ0v) is 16.9. The predicted octanol–water partition coefficient (Wildman–Crippen LogP) is 4.99. The van der Waals surface area contributed by atoms with Crippen LogP contribution in [0.1, 0.15) is 49.8 Å². The van der Waals surface area contributed by atoms with Crippen LogP contribution < -0.4 is 5.32 Å². The molecule has 4 aliphatic carbocycles. The first-order valence-corrected chi connectivity index (χ1v) is 11.2. The van der Waals surface area contributed by atoms with E-state index in [-0.39, 0.29) is 5.91 Å². The smallest absolute Gasteiger partial charge is 0.226 e. The third-order valence-electron chi connectivity index (χ3n) is 6.98. The number of hydrogen-bond donors (Lipinski definition) is 1. The fourth-order valence-electron chi connectivity index (χ4n) is 6.32. The van der Waals surface area contributed by atoms with Crippen LogP contribution in [-0.2, 0) is 11.2 Å². The zero-order valence-electron chi connectivity index (χ0n) is 16.0. The summed E-state index contributed by atoms with van der Waals surface area (Å²) in [5.74, 6) is 2.93. The molecule has 2 aromatic rings. The highest BCUT2D eigenvalue weighted by molar-refractivity contribution is 7.13. The van der Waals surface area contributed by atoms with E-state index in [1.165, 1.54) is 44.1 Å². The van der Waals surface area contributed by atoms with Gasteiger partial charge in [-0.3, -0.25) is 4.79 Å². The molecule has 1 amide bonds. The van der Waals surface area contributed by atoms with Crippen LogP contribution in [0.4, 0.5) is 0 Å². The Hall–Kier alpha value is -1.68. The van der Waals surface area contributed by atoms with E-state index in [1.807, 2.05) is 5.38 Å². The summed E-state index contributed by atoms with van der Waals surface area (Å²) in [7, 11) is 0. The highest BCUT2D eigenvalue weighted by Gasteiger charge is 2.50. The molecular weight excluding hydrogens is 352 g/mol. The van der Waals surface area contributed by atoms with Crippen molar-refractivity contribution in [1.29, 1.82) is 0 Å². The highest BCUT2D eigenvalue weighted by atomic mass is 32.1. The molecule has 1 aromatic carbocycles. The van der Waals surface area contributed by atoms with Gasteiger partial charge in [0.05, 0.1) is 12.1 Å². The van der Waals surface area contributed by atoms with E-state index in [0.29, 0.717) is 11.8 Å². The first kappa shape index (κ1) is 17.4. The molecule has 6 rings (SSSR count). The number of thiazole rings is 1. The van der Waals surface area contributed by atoms with E-state index in [0.717, 1.165) is 40.6 Å². The number of benzene rings is 1. The fraction of sp³-hybridized carbons (Fsp3) is 0.565. The maximum atomic E-state index is 12.6. The van der Waals surface area contributed by atoms with Gasteiger partial charge in [0, 0.05) is 17.5 Å². The summed E-state index contributed by atoms with van der Waals surface area (Å²) in [6, 6.07) is 8.39. The molecule has 4 bridgehead atoms. The van der Waals surface area contributed by atoms with Crippen molar-refractivity contribution in [3.63, 3.8) is 0 Å². The SMILES string of the molecule is Cc1cccc(-c2nc(CC(=O)NCC34CC5CC(CC(C5)C3)C4)cs2)c1. The molecule has 4 fully saturated rings. The van der Waals surface area contributed by atoms with Gasteiger partial charge in [-0.25, -0.2) is 4.98 Å². The first-order chi connectivity index (χ1) is 13.1. The van der Waals surface area contributed by atoms with E-state index in [9.17, 15) is 4.79 Å². The molecule has 3 nitrogen and oxygen atoms in total. The summed E-state index contributed by atoms with van der Waals surface area (Å²) in [6.45, 7) is 2.97. The Morgan fingerprint density at radius 2 is 1.89 bits per heavy atom. The second-order valence-corrected chi connectivity index (χ2v) is 10.2. The minimum atomic E-state index is 0.131. The van der Waals surface area contributed by atoms with Crippen molar-refractivity contribution in [2.75, 3.05) is 6.54 Å². The topological polar surface area (TPSA) is 42.0 Å². The van der Waals surface area contributed by atoms with Crippen molar-refractivity contribution in [2.45, 2.75) is 51.9 Å². The average Bonchev–Trinajstić information content (AvgIpc) is 3.07. The molecule has 0 aliphatic heterocycles. The molecule has 0 spiro atoms. The summed E-state index contributed by atoms with van der Waals surface area (Å²) < 4.78 is 0. The Morgan fingerprint density at radius 3 is 2.56 bits per heavy atom. The Kier molecular flexibility index (Phi) is 4.34. The zero-order chi connectivity index (χ0) is 18.4. The molecule has 0 radical (unpaired) electrons. The molecule has 142 valence electrons. The predicted molar refractivity (Wildman–Crippen MR) is 110 cm³/mol. The highest BCUT2D eigenvalue weighted by Crippen LogP contribution is 2.59. The summed E-state index contributed by atoms with van der Waals surface area (Å²) in [5, 5.41) is 6.30. The molecule has 4 heteroatoms. The summed E-state index contributed by atoms with van der Waals surface area (Å²) in [5.41, 5.74) is 3.66. The summed E-state index contributed by atoms with van der Waals surface area (Å²) in [4.78, 5) is 17.3. The monoisotopic (exact) mass is 380 g/mol. The molecule has 1 heterocycles. The molecule has 1 aromatic heterocycles. The van der Waals surface area contributed by atoms with Crippen molar-refractivity contribution in [1.82, 2.24) is 10.3 Å². The van der Waals surface area contributed by atoms with Gasteiger partial charge in [-0.1, -0.05) is 23.8 Å². The maximum absolute atomic E-state index is 12.6. The van der Waals surface area contributed by atoms with Gasteiger partial charge < -0.3 is 5.32 Å². The van der Waals surface area contributed by atoms with Gasteiger partial charge in [-0.2, -0.15) is 0 Å². The lowest BCUT2D eigenvalue weighted by Crippen LogP contribution is -2.51. The van der Waals surface area contributed by atoms with Crippen molar-refractivity contribution < 1.29 is 4.79 Å². The van der Waals surface area contributed by atoms with Crippen LogP contribution in [0.2, 0.25) is 0 Å². The van der Waals surface area contributed by atoms with Gasteiger partial charge in [0.15, 0.2) is 0 Å². The number of amides is 1. The third-order valence-corrected chi connectivity index (χ3v) is 7.92. The van der Waals surface area contributed by atoms with Gasteiger partial charge >= 0.3 is 0 Å². The molecule has 27 heavy (non-hydrogen) atoms. The Balaban J connectivity index is 1.19. The van der Waals surface area contributed by atoms with Crippen molar-refractivity contribution in [3.05, 3.63) is 40.9 Å². The van der Waals surface area contributed by atoms with Crippen molar-refractivity contribution >= 4 is 17.2 Å². The van der Waals surface area contributed by atoms with E-state index in [1.54, 1.807) is 11.3 Å². The largest absolute Gasteiger partial charge is 0.355 e. The normalized spacial score (nSPS) is 31.2. The van der Waals surface area contributed by atoms with Gasteiger partial charge in [0.2, 0.25) is 5.91 Å². The quantitative estimate of drug-likeness (QED) is 0.794. The molecular formula is C23H28N2OS. The number of carbonyl (C=O) groups is 1. The fourth-order valence-corrected chi connectivity index (χ4v) is 7.14. The lowest BCUT2D eigenvalue weighted by atomic mass is 9.49. The minimum Gasteiger partial charge on any atom is -0.355 e. The average molecular weight is 381 g/mol. The van der Waals surface area contributed by atoms with Crippen LogP contribution in [0.15, 0.2) is 29.6 Å². The summed E-state index contributed by atoms with van der Waals surface area (Å²) in [6.07, 6.45) is 8.78. The lowest BCUT2D eigenvalue weighted by Gasteiger charge is -2.56. The van der Waals surface area contributed by atoms with Crippen LogP contribution in [0.5, 0.6) is 0 Å². The van der Waals surface area contributed by atoms with Gasteiger partial charge in [0.25, 0.3) is 0 Å². The Labute approximate surface area is 165 Å². The lowest BCUT2D eigenvalue weighted by molar-refractivity contribution is -0.122. The molecule has 0 unspecified atom stereocenters. The number of aryl methyl sites for hydroxylation is 1. The number of nitrogens with one attached hydrogen (secondary N) is 1. The molecule has 4 aliphatic rings. The number of hydrogen-bond acceptors (Lipinski definition) is 3. The number of aromatic nitrogens is 1. The van der Waals surface area contributed by atoms with Gasteiger partial charge in [-0.05, 0) is 74.7 Å². The van der Waals surface area contributed by atoms with E-state index < -0.39 is 0 Å². The number of nitrogens with zero attached hydrogens (tertiary/aromatic N) is 1.